The zero-order valence-corrected chi connectivity index (χ0v) is 18.2. The van der Waals surface area contributed by atoms with Crippen LogP contribution < -0.4 is 10.1 Å². The van der Waals surface area contributed by atoms with Crippen LogP contribution in [0.4, 0.5) is 5.69 Å². The third-order valence-electron chi connectivity index (χ3n) is 4.44. The van der Waals surface area contributed by atoms with Crippen LogP contribution in [0, 0.1) is 13.8 Å². The van der Waals surface area contributed by atoms with Gasteiger partial charge in [0.1, 0.15) is 4.60 Å². The molecule has 2 rings (SSSR count). The highest BCUT2D eigenvalue weighted by molar-refractivity contribution is 9.10. The molecule has 0 unspecified atom stereocenters. The van der Waals surface area contributed by atoms with Crippen LogP contribution in [0.5, 0.6) is 5.88 Å². The lowest BCUT2D eigenvalue weighted by atomic mass is 10.0. The van der Waals surface area contributed by atoms with Crippen LogP contribution in [0.25, 0.3) is 11.3 Å². The molecule has 0 aliphatic carbocycles. The molecule has 1 N–H and O–H groups in total. The Morgan fingerprint density at radius 1 is 1.08 bits per heavy atom. The normalized spacial score (nSPS) is 12.3. The second-order valence-corrected chi connectivity index (χ2v) is 7.58. The first kappa shape index (κ1) is 20.6. The van der Waals surface area contributed by atoms with Crippen molar-refractivity contribution in [3.63, 3.8) is 0 Å². The minimum Gasteiger partial charge on any atom is -0.480 e. The molecule has 0 aliphatic heterocycles. The largest absolute Gasteiger partial charge is 0.480 e. The number of ether oxygens (including phenoxy) is 2. The number of rotatable bonds is 7. The number of nitrogens with zero attached hydrogens (tertiary/aromatic N) is 2. The summed E-state index contributed by atoms with van der Waals surface area (Å²) in [4.78, 5) is 9.45. The van der Waals surface area contributed by atoms with E-state index in [0.29, 0.717) is 18.4 Å². The van der Waals surface area contributed by atoms with E-state index in [1.807, 2.05) is 12.1 Å². The van der Waals surface area contributed by atoms with Gasteiger partial charge in [-0.1, -0.05) is 13.8 Å². The molecule has 2 aromatic rings. The third kappa shape index (κ3) is 4.35. The van der Waals surface area contributed by atoms with Gasteiger partial charge in [-0.3, -0.25) is 0 Å². The number of methoxy groups -OCH3 is 2. The average Bonchev–Trinajstić information content (AvgIpc) is 2.61. The molecule has 2 aromatic heterocycles. The van der Waals surface area contributed by atoms with Crippen molar-refractivity contribution in [2.45, 2.75) is 46.6 Å². The lowest BCUT2D eigenvalue weighted by Crippen LogP contribution is -2.22. The molecule has 0 saturated heterocycles. The molecule has 0 radical (unpaired) electrons. The quantitative estimate of drug-likeness (QED) is 0.629. The summed E-state index contributed by atoms with van der Waals surface area (Å²) in [5.74, 6) is 0.945. The van der Waals surface area contributed by atoms with Crippen molar-refractivity contribution in [2.24, 2.45) is 0 Å². The van der Waals surface area contributed by atoms with E-state index in [0.717, 1.165) is 38.4 Å². The maximum absolute atomic E-state index is 5.55. The van der Waals surface area contributed by atoms with E-state index in [-0.39, 0.29) is 6.04 Å². The molecule has 142 valence electrons. The summed E-state index contributed by atoms with van der Waals surface area (Å²) in [5, 5.41) is 3.47. The van der Waals surface area contributed by atoms with Gasteiger partial charge in [-0.05, 0) is 65.9 Å². The first-order valence-electron chi connectivity index (χ1n) is 8.77. The molecule has 6 heteroatoms. The molecule has 0 fully saturated rings. The van der Waals surface area contributed by atoms with Gasteiger partial charge in [0.15, 0.2) is 0 Å². The second kappa shape index (κ2) is 8.82. The molecule has 0 amide bonds. The number of hydrogen-bond donors (Lipinski definition) is 1. The maximum Gasteiger partial charge on any atom is 0.222 e. The van der Waals surface area contributed by atoms with Crippen molar-refractivity contribution in [3.05, 3.63) is 33.6 Å². The first-order chi connectivity index (χ1) is 12.3. The second-order valence-electron chi connectivity index (χ2n) is 6.82. The summed E-state index contributed by atoms with van der Waals surface area (Å²) in [5.41, 5.74) is 6.00. The highest BCUT2D eigenvalue weighted by Gasteiger charge is 2.19. The summed E-state index contributed by atoms with van der Waals surface area (Å²) < 4.78 is 11.5. The predicted octanol–water partition coefficient (Wildman–Crippen LogP) is 5.10. The Labute approximate surface area is 164 Å². The van der Waals surface area contributed by atoms with Crippen LogP contribution in [-0.2, 0) is 4.74 Å². The van der Waals surface area contributed by atoms with Crippen LogP contribution >= 0.6 is 15.9 Å². The molecule has 1 atom stereocenters. The molecule has 26 heavy (non-hydrogen) atoms. The zero-order chi connectivity index (χ0) is 19.4. The summed E-state index contributed by atoms with van der Waals surface area (Å²) in [6.45, 7) is 11.1. The van der Waals surface area contributed by atoms with E-state index in [2.05, 4.69) is 60.8 Å². The average molecular weight is 422 g/mol. The van der Waals surface area contributed by atoms with E-state index < -0.39 is 0 Å². The number of aromatic nitrogens is 2. The molecular weight excluding hydrogens is 394 g/mol. The fourth-order valence-electron chi connectivity index (χ4n) is 2.84. The highest BCUT2D eigenvalue weighted by Crippen LogP contribution is 2.37. The van der Waals surface area contributed by atoms with E-state index >= 15 is 0 Å². The summed E-state index contributed by atoms with van der Waals surface area (Å²) in [6, 6.07) is 4.27. The Hall–Kier alpha value is -1.66. The van der Waals surface area contributed by atoms with Crippen LogP contribution in [-0.4, -0.2) is 36.8 Å². The standard InChI is InChI=1S/C20H28BrN3O2/c1-11(2)16-9-8-15(20(23-16)26-7)17-13(4)14(5)18(19(21)24-17)22-12(3)10-25-6/h8-9,11-12,22H,10H2,1-7H3/t12-/m0/s1. The van der Waals surface area contributed by atoms with Gasteiger partial charge in [0.2, 0.25) is 5.88 Å². The molecule has 5 nitrogen and oxygen atoms in total. The summed E-state index contributed by atoms with van der Waals surface area (Å²) in [6.07, 6.45) is 0. The zero-order valence-electron chi connectivity index (χ0n) is 16.6. The van der Waals surface area contributed by atoms with Gasteiger partial charge in [0.25, 0.3) is 0 Å². The van der Waals surface area contributed by atoms with Gasteiger partial charge in [-0.15, -0.1) is 0 Å². The number of nitrogens with one attached hydrogen (secondary N) is 1. The third-order valence-corrected chi connectivity index (χ3v) is 5.01. The topological polar surface area (TPSA) is 56.3 Å². The molecule has 0 spiro atoms. The molecule has 0 aliphatic rings. The van der Waals surface area contributed by atoms with Crippen molar-refractivity contribution in [2.75, 3.05) is 26.1 Å². The number of pyridine rings is 2. The Morgan fingerprint density at radius 3 is 2.35 bits per heavy atom. The Balaban J connectivity index is 2.52. The lowest BCUT2D eigenvalue weighted by Gasteiger charge is -2.21. The Kier molecular flexibility index (Phi) is 7.01. The molecule has 0 aromatic carbocycles. The first-order valence-corrected chi connectivity index (χ1v) is 9.56. The minimum atomic E-state index is 0.184. The molecule has 0 saturated carbocycles. The van der Waals surface area contributed by atoms with Crippen molar-refractivity contribution >= 4 is 21.6 Å². The number of hydrogen-bond acceptors (Lipinski definition) is 5. The van der Waals surface area contributed by atoms with Crippen molar-refractivity contribution < 1.29 is 9.47 Å². The van der Waals surface area contributed by atoms with Gasteiger partial charge in [0, 0.05) is 18.8 Å². The lowest BCUT2D eigenvalue weighted by molar-refractivity contribution is 0.190. The van der Waals surface area contributed by atoms with Gasteiger partial charge in [-0.2, -0.15) is 0 Å². The molecular formula is C20H28BrN3O2. The SMILES string of the molecule is COC[C@H](C)Nc1c(Br)nc(-c2ccc(C(C)C)nc2OC)c(C)c1C. The highest BCUT2D eigenvalue weighted by atomic mass is 79.9. The van der Waals surface area contributed by atoms with Crippen LogP contribution in [0.2, 0.25) is 0 Å². The summed E-state index contributed by atoms with van der Waals surface area (Å²) >= 11 is 3.62. The van der Waals surface area contributed by atoms with Gasteiger partial charge >= 0.3 is 0 Å². The minimum absolute atomic E-state index is 0.184. The van der Waals surface area contributed by atoms with Gasteiger partial charge < -0.3 is 14.8 Å². The van der Waals surface area contributed by atoms with Gasteiger partial charge in [-0.25, -0.2) is 9.97 Å². The fraction of sp³-hybridized carbons (Fsp3) is 0.500. The van der Waals surface area contributed by atoms with Crippen molar-refractivity contribution in [1.82, 2.24) is 9.97 Å². The predicted molar refractivity (Wildman–Crippen MR) is 110 cm³/mol. The van der Waals surface area contributed by atoms with Gasteiger partial charge in [0.05, 0.1) is 30.7 Å². The molecule has 2 heterocycles. The van der Waals surface area contributed by atoms with Crippen LogP contribution in [0.3, 0.4) is 0 Å². The van der Waals surface area contributed by atoms with E-state index in [1.165, 1.54) is 0 Å². The smallest absolute Gasteiger partial charge is 0.222 e. The van der Waals surface area contributed by atoms with E-state index in [4.69, 9.17) is 14.5 Å². The number of halogens is 1. The Morgan fingerprint density at radius 2 is 1.77 bits per heavy atom. The van der Waals surface area contributed by atoms with E-state index in [1.54, 1.807) is 14.2 Å². The molecule has 0 bridgehead atoms. The van der Waals surface area contributed by atoms with E-state index in [9.17, 15) is 0 Å². The Bertz CT molecular complexity index is 778. The van der Waals surface area contributed by atoms with Crippen molar-refractivity contribution in [3.8, 4) is 17.1 Å². The fourth-order valence-corrected chi connectivity index (χ4v) is 3.43. The van der Waals surface area contributed by atoms with Crippen LogP contribution in [0.15, 0.2) is 16.7 Å². The monoisotopic (exact) mass is 421 g/mol. The number of anilines is 1. The van der Waals surface area contributed by atoms with Crippen molar-refractivity contribution in [1.29, 1.82) is 0 Å². The van der Waals surface area contributed by atoms with Crippen LogP contribution in [0.1, 0.15) is 43.5 Å². The summed E-state index contributed by atoms with van der Waals surface area (Å²) in [7, 11) is 3.35. The maximum atomic E-state index is 5.55.